The Bertz CT molecular complexity index is 844. The number of aliphatic carboxylic acids is 1. The van der Waals surface area contributed by atoms with Crippen molar-refractivity contribution in [3.63, 3.8) is 0 Å². The summed E-state index contributed by atoms with van der Waals surface area (Å²) in [6.07, 6.45) is 0.124. The highest BCUT2D eigenvalue weighted by molar-refractivity contribution is 6.00. The molecule has 2 atom stereocenters. The van der Waals surface area contributed by atoms with Crippen molar-refractivity contribution in [2.24, 2.45) is 11.7 Å². The lowest BCUT2D eigenvalue weighted by Gasteiger charge is -2.19. The molecule has 0 radical (unpaired) electrons. The number of rotatable bonds is 13. The highest BCUT2D eigenvalue weighted by atomic mass is 16.4. The number of amides is 4. The van der Waals surface area contributed by atoms with Gasteiger partial charge in [0.15, 0.2) is 5.78 Å². The predicted octanol–water partition coefficient (Wildman–Crippen LogP) is -2.69. The number of nitrogens with one attached hydrogen (secondary N) is 4. The van der Waals surface area contributed by atoms with Gasteiger partial charge in [-0.15, -0.1) is 0 Å². The molecule has 0 unspecified atom stereocenters. The van der Waals surface area contributed by atoms with Gasteiger partial charge in [-0.25, -0.2) is 0 Å². The van der Waals surface area contributed by atoms with Crippen molar-refractivity contribution in [3.8, 4) is 0 Å². The molecule has 32 heavy (non-hydrogen) atoms. The second-order valence-electron chi connectivity index (χ2n) is 6.81. The highest BCUT2D eigenvalue weighted by Gasteiger charge is 2.23. The third-order valence-corrected chi connectivity index (χ3v) is 4.30. The van der Waals surface area contributed by atoms with Gasteiger partial charge in [0.2, 0.25) is 23.6 Å². The number of Topliss-reactive ketones (excluding diaryl/α,β-unsaturated/α-hetero) is 1. The van der Waals surface area contributed by atoms with Gasteiger partial charge in [-0.1, -0.05) is 30.3 Å². The quantitative estimate of drug-likeness (QED) is 0.175. The van der Waals surface area contributed by atoms with Gasteiger partial charge in [0.05, 0.1) is 26.2 Å². The van der Waals surface area contributed by atoms with Crippen LogP contribution in [0.5, 0.6) is 0 Å². The number of carbonyl (C=O) groups excluding carboxylic acids is 5. The summed E-state index contributed by atoms with van der Waals surface area (Å²) in [6, 6.07) is 7.78. The van der Waals surface area contributed by atoms with Crippen LogP contribution in [0.2, 0.25) is 0 Å². The topological polar surface area (TPSA) is 197 Å². The molecule has 0 aliphatic carbocycles. The van der Waals surface area contributed by atoms with E-state index in [9.17, 15) is 28.8 Å². The molecule has 1 aromatic rings. The van der Waals surface area contributed by atoms with E-state index in [2.05, 4.69) is 21.3 Å². The summed E-state index contributed by atoms with van der Waals surface area (Å²) in [6.45, 7) is -0.444. The van der Waals surface area contributed by atoms with Gasteiger partial charge in [0.1, 0.15) is 12.0 Å². The van der Waals surface area contributed by atoms with Crippen molar-refractivity contribution in [1.29, 1.82) is 0 Å². The molecule has 0 saturated carbocycles. The normalized spacial score (nSPS) is 12.1. The zero-order chi connectivity index (χ0) is 24.1. The molecule has 7 N–H and O–H groups in total. The molecule has 0 bridgehead atoms. The van der Waals surface area contributed by atoms with E-state index in [0.29, 0.717) is 0 Å². The smallest absolute Gasteiger partial charge is 0.313 e. The number of hydrogen-bond acceptors (Lipinski definition) is 7. The number of ketones is 1. The molecule has 0 aliphatic heterocycles. The third kappa shape index (κ3) is 9.80. The Balaban J connectivity index is 2.65. The Morgan fingerprint density at radius 1 is 0.875 bits per heavy atom. The van der Waals surface area contributed by atoms with Crippen LogP contribution in [0.3, 0.4) is 0 Å². The van der Waals surface area contributed by atoms with Crippen LogP contribution >= 0.6 is 0 Å². The summed E-state index contributed by atoms with van der Waals surface area (Å²) in [5.41, 5.74) is 5.90. The van der Waals surface area contributed by atoms with Gasteiger partial charge in [-0.3, -0.25) is 28.8 Å². The molecule has 0 fully saturated rings. The minimum absolute atomic E-state index is 0.124. The summed E-state index contributed by atoms with van der Waals surface area (Å²) in [7, 11) is 0. The molecule has 1 rings (SSSR count). The maximum Gasteiger partial charge on any atom is 0.313 e. The minimum Gasteiger partial charge on any atom is -0.481 e. The fourth-order valence-corrected chi connectivity index (χ4v) is 2.39. The maximum absolute atomic E-state index is 12.6. The van der Waals surface area contributed by atoms with Gasteiger partial charge in [0.25, 0.3) is 0 Å². The van der Waals surface area contributed by atoms with Gasteiger partial charge < -0.3 is 32.1 Å². The van der Waals surface area contributed by atoms with Gasteiger partial charge >= 0.3 is 5.97 Å². The highest BCUT2D eigenvalue weighted by Crippen LogP contribution is 2.03. The van der Waals surface area contributed by atoms with Crippen LogP contribution in [0, 0.1) is 5.92 Å². The molecule has 12 heteroatoms. The van der Waals surface area contributed by atoms with Crippen LogP contribution in [0.25, 0.3) is 0 Å². The maximum atomic E-state index is 12.6. The average Bonchev–Trinajstić information content (AvgIpc) is 2.78. The summed E-state index contributed by atoms with van der Waals surface area (Å²) in [5.74, 6) is -5.79. The van der Waals surface area contributed by atoms with Gasteiger partial charge in [-0.2, -0.15) is 0 Å². The number of carboxylic acids is 1. The fourth-order valence-electron chi connectivity index (χ4n) is 2.39. The Kier molecular flexibility index (Phi) is 11.1. The minimum atomic E-state index is -1.31. The first-order valence-electron chi connectivity index (χ1n) is 9.74. The molecule has 0 aliphatic rings. The second kappa shape index (κ2) is 13.5. The number of carboxylic acid groups (broad SMARTS) is 1. The van der Waals surface area contributed by atoms with Crippen LogP contribution in [-0.2, 0) is 35.2 Å². The molecule has 4 amide bonds. The molecular weight excluding hydrogens is 422 g/mol. The number of carbonyl (C=O) groups is 6. The van der Waals surface area contributed by atoms with E-state index in [0.717, 1.165) is 5.56 Å². The van der Waals surface area contributed by atoms with E-state index in [-0.39, 0.29) is 19.5 Å². The lowest BCUT2D eigenvalue weighted by Crippen LogP contribution is -2.52. The summed E-state index contributed by atoms with van der Waals surface area (Å²) in [5, 5.41) is 18.1. The summed E-state index contributed by atoms with van der Waals surface area (Å²) in [4.78, 5) is 70.1. The number of hydrogen-bond donors (Lipinski definition) is 6. The molecule has 0 heterocycles. The fraction of sp³-hybridized carbons (Fsp3) is 0.400. The van der Waals surface area contributed by atoms with Crippen LogP contribution in [0.4, 0.5) is 0 Å². The van der Waals surface area contributed by atoms with E-state index < -0.39 is 60.4 Å². The van der Waals surface area contributed by atoms with Crippen molar-refractivity contribution < 1.29 is 33.9 Å². The first kappa shape index (κ1) is 26.2. The van der Waals surface area contributed by atoms with E-state index >= 15 is 0 Å². The van der Waals surface area contributed by atoms with E-state index in [4.69, 9.17) is 10.8 Å². The van der Waals surface area contributed by atoms with Crippen LogP contribution < -0.4 is 27.0 Å². The Labute approximate surface area is 184 Å². The first-order valence-corrected chi connectivity index (χ1v) is 9.74. The Morgan fingerprint density at radius 2 is 1.47 bits per heavy atom. The molecule has 174 valence electrons. The SMILES string of the molecule is C[C@H](C(=O)O)C(=O)CNC(=O)CNC(=O)[C@H](Cc1ccccc1)NC(=O)CNC(=O)CN. The third-order valence-electron chi connectivity index (χ3n) is 4.30. The molecule has 0 saturated heterocycles. The van der Waals surface area contributed by atoms with Crippen molar-refractivity contribution in [2.75, 3.05) is 26.2 Å². The van der Waals surface area contributed by atoms with Crippen molar-refractivity contribution >= 4 is 35.4 Å². The van der Waals surface area contributed by atoms with Gasteiger partial charge in [-0.05, 0) is 12.5 Å². The zero-order valence-electron chi connectivity index (χ0n) is 17.6. The van der Waals surface area contributed by atoms with Crippen LogP contribution in [0.1, 0.15) is 12.5 Å². The molecular formula is C20H27N5O7. The zero-order valence-corrected chi connectivity index (χ0v) is 17.6. The van der Waals surface area contributed by atoms with E-state index in [1.54, 1.807) is 30.3 Å². The molecule has 0 aromatic heterocycles. The molecule has 1 aromatic carbocycles. The van der Waals surface area contributed by atoms with Crippen molar-refractivity contribution in [3.05, 3.63) is 35.9 Å². The largest absolute Gasteiger partial charge is 0.481 e. The average molecular weight is 449 g/mol. The molecule has 12 nitrogen and oxygen atoms in total. The standard InChI is InChI=1S/C20H27N5O7/c1-12(20(31)32)15(26)9-22-17(28)10-24-19(30)14(7-13-5-3-2-4-6-13)25-18(29)11-23-16(27)8-21/h2-6,12,14H,7-11,21H2,1H3,(H,22,28)(H,23,27)(H,24,30)(H,25,29)(H,31,32)/t12-,14-/m0/s1. The van der Waals surface area contributed by atoms with Crippen molar-refractivity contribution in [2.45, 2.75) is 19.4 Å². The number of nitrogens with two attached hydrogens (primary N) is 1. The lowest BCUT2D eigenvalue weighted by atomic mass is 10.1. The van der Waals surface area contributed by atoms with Gasteiger partial charge in [0, 0.05) is 6.42 Å². The van der Waals surface area contributed by atoms with E-state index in [1.165, 1.54) is 6.92 Å². The summed E-state index contributed by atoms with van der Waals surface area (Å²) >= 11 is 0. The monoisotopic (exact) mass is 449 g/mol. The predicted molar refractivity (Wildman–Crippen MR) is 112 cm³/mol. The van der Waals surface area contributed by atoms with E-state index in [1.807, 2.05) is 0 Å². The number of benzene rings is 1. The summed E-state index contributed by atoms with van der Waals surface area (Å²) < 4.78 is 0. The van der Waals surface area contributed by atoms with Crippen molar-refractivity contribution in [1.82, 2.24) is 21.3 Å². The Hall–Kier alpha value is -3.80. The second-order valence-corrected chi connectivity index (χ2v) is 6.81. The molecule has 0 spiro atoms. The van der Waals surface area contributed by atoms with Crippen LogP contribution in [0.15, 0.2) is 30.3 Å². The van der Waals surface area contributed by atoms with Crippen LogP contribution in [-0.4, -0.2) is 72.7 Å². The Morgan fingerprint density at radius 3 is 2.06 bits per heavy atom. The lowest BCUT2D eigenvalue weighted by molar-refractivity contribution is -0.145. The first-order chi connectivity index (χ1) is 15.1.